The Morgan fingerprint density at radius 3 is 2.19 bits per heavy atom. The second-order valence-electron chi connectivity index (χ2n) is 10.7. The van der Waals surface area contributed by atoms with Gasteiger partial charge in [0, 0.05) is 47.2 Å². The molecule has 0 spiro atoms. The van der Waals surface area contributed by atoms with Gasteiger partial charge in [0.2, 0.25) is 11.8 Å². The number of methoxy groups -OCH3 is 2. The van der Waals surface area contributed by atoms with Gasteiger partial charge in [0.15, 0.2) is 11.5 Å². The molecule has 1 aromatic rings. The molecule has 0 unspecified atom stereocenters. The van der Waals surface area contributed by atoms with Crippen LogP contribution in [0.3, 0.4) is 0 Å². The van der Waals surface area contributed by atoms with E-state index in [2.05, 4.69) is 45.1 Å². The van der Waals surface area contributed by atoms with Crippen molar-refractivity contribution in [3.63, 3.8) is 0 Å². The second-order valence-corrected chi connectivity index (χ2v) is 10.7. The average Bonchev–Trinajstić information content (AvgIpc) is 2.85. The van der Waals surface area contributed by atoms with Crippen LogP contribution in [0.1, 0.15) is 78.2 Å². The lowest BCUT2D eigenvalue weighted by atomic mass is 9.65. The summed E-state index contributed by atoms with van der Waals surface area (Å²) in [6, 6.07) is 6.17. The van der Waals surface area contributed by atoms with Crippen molar-refractivity contribution in [2.24, 2.45) is 17.3 Å². The van der Waals surface area contributed by atoms with E-state index in [9.17, 15) is 9.59 Å². The first kappa shape index (κ1) is 32.7. The van der Waals surface area contributed by atoms with Crippen molar-refractivity contribution in [2.75, 3.05) is 48.1 Å². The smallest absolute Gasteiger partial charge is 0.226 e. The minimum Gasteiger partial charge on any atom is -0.493 e. The summed E-state index contributed by atoms with van der Waals surface area (Å²) in [5.74, 6) is 2.09. The van der Waals surface area contributed by atoms with E-state index in [-0.39, 0.29) is 23.7 Å². The van der Waals surface area contributed by atoms with Gasteiger partial charge in [-0.05, 0) is 48.8 Å². The molecule has 1 rings (SSSR count). The van der Waals surface area contributed by atoms with Gasteiger partial charge in [-0.3, -0.25) is 9.59 Å². The molecule has 0 atom stereocenters. The zero-order valence-electron chi connectivity index (χ0n) is 24.7. The van der Waals surface area contributed by atoms with Crippen molar-refractivity contribution in [2.45, 2.75) is 79.1 Å². The number of aryl methyl sites for hydroxylation is 1. The normalized spacial score (nSPS) is 11.6. The summed E-state index contributed by atoms with van der Waals surface area (Å²) in [7, 11) is 6.83. The third kappa shape index (κ3) is 10.5. The molecule has 0 aliphatic carbocycles. The lowest BCUT2D eigenvalue weighted by Crippen LogP contribution is -2.48. The zero-order valence-corrected chi connectivity index (χ0v) is 24.7. The van der Waals surface area contributed by atoms with Crippen LogP contribution in [0.5, 0.6) is 11.5 Å². The third-order valence-corrected chi connectivity index (χ3v) is 7.39. The number of nitrogens with one attached hydrogen (secondary N) is 1. The van der Waals surface area contributed by atoms with Gasteiger partial charge in [-0.2, -0.15) is 0 Å². The van der Waals surface area contributed by atoms with Crippen LogP contribution in [0.15, 0.2) is 18.2 Å². The van der Waals surface area contributed by atoms with Gasteiger partial charge in [-0.25, -0.2) is 0 Å². The maximum Gasteiger partial charge on any atom is 0.226 e. The molecule has 212 valence electrons. The summed E-state index contributed by atoms with van der Waals surface area (Å²) >= 11 is 0. The summed E-state index contributed by atoms with van der Waals surface area (Å²) < 4.78 is 16.4. The fourth-order valence-corrected chi connectivity index (χ4v) is 5.03. The molecule has 7 heteroatoms. The predicted octanol–water partition coefficient (Wildman–Crippen LogP) is 5.50. The number of unbranched alkanes of at least 4 members (excludes halogenated alkanes) is 3. The molecule has 2 amide bonds. The molecular formula is C30H52N2O5. The Balaban J connectivity index is 2.59. The van der Waals surface area contributed by atoms with Gasteiger partial charge in [-0.1, -0.05) is 53.0 Å². The Hall–Kier alpha value is -2.28. The Morgan fingerprint density at radius 2 is 1.59 bits per heavy atom. The highest BCUT2D eigenvalue weighted by Crippen LogP contribution is 2.41. The lowest BCUT2D eigenvalue weighted by Gasteiger charge is -2.40. The van der Waals surface area contributed by atoms with Gasteiger partial charge >= 0.3 is 0 Å². The van der Waals surface area contributed by atoms with E-state index in [0.717, 1.165) is 56.4 Å². The molecule has 0 saturated heterocycles. The minimum absolute atomic E-state index is 0.0293. The lowest BCUT2D eigenvalue weighted by molar-refractivity contribution is -0.138. The average molecular weight is 521 g/mol. The number of rotatable bonds is 19. The fraction of sp³-hybridized carbons (Fsp3) is 0.733. The summed E-state index contributed by atoms with van der Waals surface area (Å²) in [5.41, 5.74) is 0.819. The van der Waals surface area contributed by atoms with Crippen LogP contribution in [0.4, 0.5) is 0 Å². The number of hydrogen-bond acceptors (Lipinski definition) is 5. The van der Waals surface area contributed by atoms with Gasteiger partial charge in [0.05, 0.1) is 19.1 Å². The highest BCUT2D eigenvalue weighted by molar-refractivity contribution is 5.84. The topological polar surface area (TPSA) is 77.1 Å². The minimum atomic E-state index is -0.424. The van der Waals surface area contributed by atoms with Crippen LogP contribution in [-0.4, -0.2) is 64.8 Å². The molecule has 1 N–H and O–H groups in total. The Kier molecular flexibility index (Phi) is 15.3. The summed E-state index contributed by atoms with van der Waals surface area (Å²) in [4.78, 5) is 26.8. The first-order chi connectivity index (χ1) is 17.6. The number of benzene rings is 1. The van der Waals surface area contributed by atoms with Crippen molar-refractivity contribution in [1.29, 1.82) is 0 Å². The van der Waals surface area contributed by atoms with E-state index in [1.165, 1.54) is 5.56 Å². The first-order valence-electron chi connectivity index (χ1n) is 13.9. The van der Waals surface area contributed by atoms with Crippen LogP contribution in [0, 0.1) is 17.3 Å². The summed E-state index contributed by atoms with van der Waals surface area (Å²) in [6.07, 6.45) is 7.31. The van der Waals surface area contributed by atoms with Gasteiger partial charge in [0.1, 0.15) is 0 Å². The van der Waals surface area contributed by atoms with Crippen molar-refractivity contribution in [3.8, 4) is 11.5 Å². The fourth-order valence-electron chi connectivity index (χ4n) is 5.03. The quantitative estimate of drug-likeness (QED) is 0.244. The number of carbonyl (C=O) groups excluding carboxylic acids is 2. The Labute approximate surface area is 225 Å². The highest BCUT2D eigenvalue weighted by atomic mass is 16.5. The van der Waals surface area contributed by atoms with Gasteiger partial charge < -0.3 is 24.4 Å². The van der Waals surface area contributed by atoms with Crippen molar-refractivity contribution >= 4 is 11.8 Å². The zero-order chi connectivity index (χ0) is 27.8. The van der Waals surface area contributed by atoms with Crippen molar-refractivity contribution in [3.05, 3.63) is 23.8 Å². The Morgan fingerprint density at radius 1 is 0.919 bits per heavy atom. The maximum atomic E-state index is 13.3. The second kappa shape index (κ2) is 17.3. The van der Waals surface area contributed by atoms with Crippen LogP contribution in [-0.2, 0) is 20.7 Å². The van der Waals surface area contributed by atoms with Crippen molar-refractivity contribution in [1.82, 2.24) is 10.2 Å². The van der Waals surface area contributed by atoms with E-state index in [4.69, 9.17) is 14.2 Å². The molecular weight excluding hydrogens is 468 g/mol. The molecule has 0 aliphatic rings. The molecule has 37 heavy (non-hydrogen) atoms. The molecule has 0 heterocycles. The molecule has 0 fully saturated rings. The van der Waals surface area contributed by atoms with Crippen LogP contribution in [0.25, 0.3) is 0 Å². The van der Waals surface area contributed by atoms with E-state index < -0.39 is 5.41 Å². The number of carbonyl (C=O) groups is 2. The molecule has 0 saturated carbocycles. The van der Waals surface area contributed by atoms with E-state index in [1.54, 1.807) is 33.2 Å². The third-order valence-electron chi connectivity index (χ3n) is 7.39. The first-order valence-corrected chi connectivity index (χ1v) is 13.9. The number of hydrogen-bond donors (Lipinski definition) is 1. The predicted molar refractivity (Wildman–Crippen MR) is 150 cm³/mol. The maximum absolute atomic E-state index is 13.3. The number of amides is 2. The molecule has 0 aliphatic heterocycles. The van der Waals surface area contributed by atoms with Crippen LogP contribution < -0.4 is 14.8 Å². The number of ether oxygens (including phenoxy) is 3. The van der Waals surface area contributed by atoms with Gasteiger partial charge in [0.25, 0.3) is 0 Å². The van der Waals surface area contributed by atoms with E-state index in [0.29, 0.717) is 26.2 Å². The molecule has 0 bridgehead atoms. The summed E-state index contributed by atoms with van der Waals surface area (Å²) in [5, 5.41) is 3.07. The number of nitrogens with zero attached hydrogens (tertiary/aromatic N) is 1. The van der Waals surface area contributed by atoms with Crippen LogP contribution in [0.2, 0.25) is 0 Å². The highest BCUT2D eigenvalue weighted by Gasteiger charge is 2.43. The molecule has 7 nitrogen and oxygen atoms in total. The van der Waals surface area contributed by atoms with E-state index in [1.807, 2.05) is 6.07 Å². The summed E-state index contributed by atoms with van der Waals surface area (Å²) in [6.45, 7) is 10.2. The SMILES string of the molecule is COCCCOc1cc(CCCCCCC(C(=O)NCCC(=O)N(C)C)(C(C)C)C(C)C)ccc1OC. The largest absolute Gasteiger partial charge is 0.493 e. The molecule has 0 radical (unpaired) electrons. The molecule has 0 aromatic heterocycles. The van der Waals surface area contributed by atoms with Gasteiger partial charge in [-0.15, -0.1) is 0 Å². The van der Waals surface area contributed by atoms with E-state index >= 15 is 0 Å². The molecule has 1 aromatic carbocycles. The monoisotopic (exact) mass is 520 g/mol. The standard InChI is InChI=1S/C30H52N2O5/c1-23(2)30(24(3)4,29(34)31-19-17-28(33)32(5)6)18-12-10-9-11-14-25-15-16-26(36-8)27(22-25)37-21-13-20-35-7/h15-16,22-24H,9-14,17-21H2,1-8H3,(H,31,34). The van der Waals surface area contributed by atoms with Crippen molar-refractivity contribution < 1.29 is 23.8 Å². The Bertz CT molecular complexity index is 799. The van der Waals surface area contributed by atoms with Crippen LogP contribution >= 0.6 is 0 Å².